The Morgan fingerprint density at radius 3 is 2.67 bits per heavy atom. The van der Waals surface area contributed by atoms with E-state index in [0.717, 1.165) is 39.1 Å². The third-order valence-electron chi connectivity index (χ3n) is 5.88. The first-order valence-corrected chi connectivity index (χ1v) is 11.2. The van der Waals surface area contributed by atoms with Crippen LogP contribution in [0.2, 0.25) is 0 Å². The first-order chi connectivity index (χ1) is 14.1. The molecule has 1 saturated heterocycles. The molecule has 1 saturated carbocycles. The molecule has 0 bridgehead atoms. The van der Waals surface area contributed by atoms with Crippen LogP contribution in [-0.4, -0.2) is 46.4 Å². The van der Waals surface area contributed by atoms with E-state index in [0.29, 0.717) is 11.7 Å². The molecule has 0 spiro atoms. The summed E-state index contributed by atoms with van der Waals surface area (Å²) >= 11 is 1.48. The van der Waals surface area contributed by atoms with E-state index < -0.39 is 11.6 Å². The Bertz CT molecular complexity index is 1040. The lowest BCUT2D eigenvalue weighted by molar-refractivity contribution is -0.134. The number of hydrogen-bond acceptors (Lipinski definition) is 5. The maximum atomic E-state index is 13.3. The number of urea groups is 1. The largest absolute Gasteiger partial charge is 0.325 e. The summed E-state index contributed by atoms with van der Waals surface area (Å²) in [6.45, 7) is 10.1. The summed E-state index contributed by atoms with van der Waals surface area (Å²) in [5.41, 5.74) is 2.23. The minimum atomic E-state index is -0.884. The highest BCUT2D eigenvalue weighted by molar-refractivity contribution is 7.22. The van der Waals surface area contributed by atoms with Crippen LogP contribution in [0.25, 0.3) is 10.2 Å². The van der Waals surface area contributed by atoms with Crippen molar-refractivity contribution in [3.63, 3.8) is 0 Å². The number of aromatic nitrogens is 1. The summed E-state index contributed by atoms with van der Waals surface area (Å²) in [5.74, 6) is -0.218. The minimum absolute atomic E-state index is 0.163. The number of fused-ring (bicyclic) bond motifs is 1. The van der Waals surface area contributed by atoms with Crippen molar-refractivity contribution in [2.24, 2.45) is 11.8 Å². The van der Waals surface area contributed by atoms with E-state index in [2.05, 4.69) is 11.4 Å². The molecule has 1 atom stereocenters. The highest BCUT2D eigenvalue weighted by atomic mass is 32.1. The number of hydrogen-bond donors (Lipinski definition) is 1. The lowest BCUT2D eigenvalue weighted by Crippen LogP contribution is -2.47. The van der Waals surface area contributed by atoms with Crippen LogP contribution in [0.4, 0.5) is 9.93 Å². The fourth-order valence-electron chi connectivity index (χ4n) is 4.15. The van der Waals surface area contributed by atoms with Crippen molar-refractivity contribution in [3.8, 4) is 0 Å². The molecule has 1 aliphatic carbocycles. The molecular weight excluding hydrogens is 400 g/mol. The zero-order chi connectivity index (χ0) is 21.8. The van der Waals surface area contributed by atoms with Crippen LogP contribution >= 0.6 is 11.3 Å². The van der Waals surface area contributed by atoms with Crippen LogP contribution in [0, 0.1) is 25.7 Å². The zero-order valence-corrected chi connectivity index (χ0v) is 18.9. The second-order valence-corrected chi connectivity index (χ2v) is 10.1. The van der Waals surface area contributed by atoms with Gasteiger partial charge in [0.1, 0.15) is 12.1 Å². The van der Waals surface area contributed by atoms with Gasteiger partial charge in [-0.15, -0.1) is 0 Å². The number of anilines is 1. The first kappa shape index (κ1) is 20.8. The van der Waals surface area contributed by atoms with Gasteiger partial charge < -0.3 is 5.32 Å². The third-order valence-corrected chi connectivity index (χ3v) is 7.11. The molecule has 1 N–H and O–H groups in total. The fourth-order valence-corrected chi connectivity index (χ4v) is 5.19. The van der Waals surface area contributed by atoms with Crippen LogP contribution in [-0.2, 0) is 9.59 Å². The van der Waals surface area contributed by atoms with Crippen molar-refractivity contribution in [1.29, 1.82) is 0 Å². The maximum Gasteiger partial charge on any atom is 0.325 e. The number of carbonyl (C=O) groups is 3. The second-order valence-electron chi connectivity index (χ2n) is 9.12. The molecule has 2 fully saturated rings. The standard InChI is InChI=1S/C22H28N4O3S/c1-12(2)10-25(21-23-16-9-13(3)8-14(4)18(16)30-21)17(27)11-26-19(28)22(5,15-6-7-15)24-20(26)29/h8-9,12,15H,6-7,10-11H2,1-5H3,(H,24,29)/t22-/m0/s1. The summed E-state index contributed by atoms with van der Waals surface area (Å²) in [7, 11) is 0. The second kappa shape index (κ2) is 7.34. The van der Waals surface area contributed by atoms with E-state index in [1.165, 1.54) is 11.3 Å². The van der Waals surface area contributed by atoms with Crippen molar-refractivity contribution in [1.82, 2.24) is 15.2 Å². The quantitative estimate of drug-likeness (QED) is 0.713. The molecule has 160 valence electrons. The predicted molar refractivity (Wildman–Crippen MR) is 118 cm³/mol. The van der Waals surface area contributed by atoms with Crippen molar-refractivity contribution < 1.29 is 14.4 Å². The molecule has 1 aromatic carbocycles. The number of carbonyl (C=O) groups excluding carboxylic acids is 3. The highest BCUT2D eigenvalue weighted by Crippen LogP contribution is 2.42. The van der Waals surface area contributed by atoms with Gasteiger partial charge in [-0.1, -0.05) is 31.3 Å². The van der Waals surface area contributed by atoms with Crippen LogP contribution in [0.1, 0.15) is 44.7 Å². The zero-order valence-electron chi connectivity index (χ0n) is 18.1. The Balaban J connectivity index is 1.61. The summed E-state index contributed by atoms with van der Waals surface area (Å²) in [5, 5.41) is 3.41. The number of thiazole rings is 1. The van der Waals surface area contributed by atoms with Gasteiger partial charge in [0.2, 0.25) is 5.91 Å². The van der Waals surface area contributed by atoms with Crippen LogP contribution in [0.5, 0.6) is 0 Å². The van der Waals surface area contributed by atoms with Gasteiger partial charge in [0.25, 0.3) is 5.91 Å². The average Bonchev–Trinajstić information content (AvgIpc) is 3.39. The Hall–Kier alpha value is -2.48. The number of rotatable bonds is 6. The molecule has 1 aliphatic heterocycles. The van der Waals surface area contributed by atoms with Crippen LogP contribution in [0.3, 0.4) is 0 Å². The monoisotopic (exact) mass is 428 g/mol. The Morgan fingerprint density at radius 1 is 1.33 bits per heavy atom. The molecule has 1 aromatic heterocycles. The fraction of sp³-hybridized carbons (Fsp3) is 0.545. The smallest absolute Gasteiger partial charge is 0.323 e. The molecule has 8 heteroatoms. The SMILES string of the molecule is Cc1cc(C)c2sc(N(CC(C)C)C(=O)CN3C(=O)N[C@@](C)(C4CC4)C3=O)nc2c1. The van der Waals surface area contributed by atoms with E-state index >= 15 is 0 Å². The van der Waals surface area contributed by atoms with Gasteiger partial charge in [0, 0.05) is 6.54 Å². The number of nitrogens with zero attached hydrogens (tertiary/aromatic N) is 3. The van der Waals surface area contributed by atoms with E-state index in [-0.39, 0.29) is 30.2 Å². The first-order valence-electron chi connectivity index (χ1n) is 10.4. The normalized spacial score (nSPS) is 21.6. The molecule has 4 amide bonds. The maximum absolute atomic E-state index is 13.3. The van der Waals surface area contributed by atoms with Gasteiger partial charge in [0.05, 0.1) is 10.2 Å². The van der Waals surface area contributed by atoms with Gasteiger partial charge >= 0.3 is 6.03 Å². The lowest BCUT2D eigenvalue weighted by atomic mass is 9.96. The van der Waals surface area contributed by atoms with E-state index in [9.17, 15) is 14.4 Å². The summed E-state index contributed by atoms with van der Waals surface area (Å²) in [6, 6.07) is 3.63. The van der Waals surface area contributed by atoms with E-state index in [4.69, 9.17) is 4.98 Å². The summed E-state index contributed by atoms with van der Waals surface area (Å²) in [6.07, 6.45) is 1.85. The number of benzene rings is 1. The topological polar surface area (TPSA) is 82.6 Å². The lowest BCUT2D eigenvalue weighted by Gasteiger charge is -2.24. The molecule has 0 unspecified atom stereocenters. The van der Waals surface area contributed by atoms with Gasteiger partial charge in [-0.25, -0.2) is 9.78 Å². The van der Waals surface area contributed by atoms with Gasteiger partial charge in [-0.3, -0.25) is 19.4 Å². The molecule has 2 aliphatic rings. The van der Waals surface area contributed by atoms with Crippen molar-refractivity contribution in [2.45, 2.75) is 53.0 Å². The molecular formula is C22H28N4O3S. The predicted octanol–water partition coefficient (Wildman–Crippen LogP) is 3.62. The molecule has 30 heavy (non-hydrogen) atoms. The Morgan fingerprint density at radius 2 is 2.03 bits per heavy atom. The molecule has 4 rings (SSSR count). The molecule has 7 nitrogen and oxygen atoms in total. The minimum Gasteiger partial charge on any atom is -0.323 e. The Labute approximate surface area is 180 Å². The van der Waals surface area contributed by atoms with E-state index in [1.54, 1.807) is 11.8 Å². The highest BCUT2D eigenvalue weighted by Gasteiger charge is 2.56. The number of aryl methyl sites for hydroxylation is 2. The number of imide groups is 1. The summed E-state index contributed by atoms with van der Waals surface area (Å²) in [4.78, 5) is 46.1. The number of amides is 4. The van der Waals surface area contributed by atoms with Crippen molar-refractivity contribution in [3.05, 3.63) is 23.3 Å². The van der Waals surface area contributed by atoms with Gasteiger partial charge in [-0.2, -0.15) is 0 Å². The average molecular weight is 429 g/mol. The third kappa shape index (κ3) is 3.57. The van der Waals surface area contributed by atoms with E-state index in [1.807, 2.05) is 33.8 Å². The van der Waals surface area contributed by atoms with Crippen molar-refractivity contribution in [2.75, 3.05) is 18.0 Å². The van der Waals surface area contributed by atoms with Crippen molar-refractivity contribution >= 4 is 44.5 Å². The number of nitrogens with one attached hydrogen (secondary N) is 1. The molecule has 2 heterocycles. The van der Waals surface area contributed by atoms with Gasteiger partial charge in [0.15, 0.2) is 5.13 Å². The molecule has 0 radical (unpaired) electrons. The van der Waals surface area contributed by atoms with Gasteiger partial charge in [-0.05, 0) is 62.6 Å². The summed E-state index contributed by atoms with van der Waals surface area (Å²) < 4.78 is 1.05. The van der Waals surface area contributed by atoms with Crippen LogP contribution < -0.4 is 10.2 Å². The molecule has 2 aromatic rings. The van der Waals surface area contributed by atoms with Crippen LogP contribution in [0.15, 0.2) is 12.1 Å². The Kier molecular flexibility index (Phi) is 5.08.